The Morgan fingerprint density at radius 2 is 1.55 bits per heavy atom. The van der Waals surface area contributed by atoms with Gasteiger partial charge in [-0.2, -0.15) is 4.72 Å². The van der Waals surface area contributed by atoms with Gasteiger partial charge in [0.1, 0.15) is 0 Å². The first-order valence-electron chi connectivity index (χ1n) is 9.42. The van der Waals surface area contributed by atoms with E-state index in [1.807, 2.05) is 0 Å². The molecule has 29 heavy (non-hydrogen) atoms. The lowest BCUT2D eigenvalue weighted by Crippen LogP contribution is -2.41. The lowest BCUT2D eigenvalue weighted by atomic mass is 10.3. The van der Waals surface area contributed by atoms with Crippen LogP contribution >= 0.6 is 0 Å². The molecule has 1 aliphatic rings. The summed E-state index contributed by atoms with van der Waals surface area (Å²) in [5, 5.41) is 2.20. The topological polar surface area (TPSA) is 109 Å². The lowest BCUT2D eigenvalue weighted by Gasteiger charge is -2.16. The molecule has 1 atom stereocenters. The van der Waals surface area contributed by atoms with Crippen LogP contribution in [0.1, 0.15) is 32.6 Å². The first-order valence-corrected chi connectivity index (χ1v) is 12.5. The van der Waals surface area contributed by atoms with Crippen LogP contribution in [-0.2, 0) is 24.7 Å². The van der Waals surface area contributed by atoms with E-state index in [1.165, 1.54) is 31.2 Å². The minimum Gasteiger partial charge on any atom is -0.325 e. The summed E-state index contributed by atoms with van der Waals surface area (Å²) >= 11 is 0. The number of carbonyl (C=O) groups is 1. The number of benzene rings is 2. The molecule has 2 aromatic carbocycles. The fourth-order valence-corrected chi connectivity index (χ4v) is 6.47. The number of hydrogen-bond donors (Lipinski definition) is 2. The zero-order valence-electron chi connectivity index (χ0n) is 16.0. The highest BCUT2D eigenvalue weighted by molar-refractivity contribution is 7.92. The number of nitrogens with one attached hydrogen (secondary N) is 2. The van der Waals surface area contributed by atoms with E-state index in [-0.39, 0.29) is 15.0 Å². The normalized spacial score (nSPS) is 16.4. The number of rotatable bonds is 7. The molecule has 1 fully saturated rings. The Balaban J connectivity index is 1.71. The van der Waals surface area contributed by atoms with Crippen LogP contribution in [0.25, 0.3) is 0 Å². The highest BCUT2D eigenvalue weighted by atomic mass is 32.2. The van der Waals surface area contributed by atoms with Crippen LogP contribution in [-0.4, -0.2) is 34.0 Å². The van der Waals surface area contributed by atoms with Gasteiger partial charge in [0.05, 0.1) is 21.1 Å². The molecule has 0 aromatic heterocycles. The summed E-state index contributed by atoms with van der Waals surface area (Å²) in [6.07, 6.45) is 3.10. The Morgan fingerprint density at radius 1 is 0.931 bits per heavy atom. The van der Waals surface area contributed by atoms with Crippen LogP contribution in [0.15, 0.2) is 64.4 Å². The molecule has 0 saturated heterocycles. The summed E-state index contributed by atoms with van der Waals surface area (Å²) in [4.78, 5) is 12.7. The van der Waals surface area contributed by atoms with E-state index in [4.69, 9.17) is 0 Å². The summed E-state index contributed by atoms with van der Waals surface area (Å²) < 4.78 is 52.5. The quantitative estimate of drug-likeness (QED) is 0.694. The fourth-order valence-electron chi connectivity index (χ4n) is 3.35. The van der Waals surface area contributed by atoms with Crippen LogP contribution in [0.3, 0.4) is 0 Å². The van der Waals surface area contributed by atoms with Gasteiger partial charge >= 0.3 is 0 Å². The summed E-state index contributed by atoms with van der Waals surface area (Å²) in [7, 11) is -7.29. The molecule has 0 bridgehead atoms. The van der Waals surface area contributed by atoms with Gasteiger partial charge in [-0.05, 0) is 50.1 Å². The van der Waals surface area contributed by atoms with E-state index in [9.17, 15) is 21.6 Å². The molecular formula is C20H24N2O5S2. The van der Waals surface area contributed by atoms with Gasteiger partial charge < -0.3 is 5.32 Å². The number of sulfonamides is 1. The van der Waals surface area contributed by atoms with Gasteiger partial charge in [-0.15, -0.1) is 0 Å². The number of sulfone groups is 1. The third-order valence-corrected chi connectivity index (χ3v) is 8.77. The van der Waals surface area contributed by atoms with Gasteiger partial charge in [-0.25, -0.2) is 16.8 Å². The van der Waals surface area contributed by atoms with E-state index in [1.54, 1.807) is 30.3 Å². The Hall–Kier alpha value is -2.23. The van der Waals surface area contributed by atoms with Gasteiger partial charge in [0, 0.05) is 5.69 Å². The predicted octanol–water partition coefficient (Wildman–Crippen LogP) is 2.71. The van der Waals surface area contributed by atoms with Crippen LogP contribution in [0, 0.1) is 0 Å². The highest BCUT2D eigenvalue weighted by Gasteiger charge is 2.30. The highest BCUT2D eigenvalue weighted by Crippen LogP contribution is 2.30. The number of carbonyl (C=O) groups excluding carboxylic acids is 1. The molecule has 0 aliphatic heterocycles. The van der Waals surface area contributed by atoms with Crippen molar-refractivity contribution in [2.75, 3.05) is 5.32 Å². The van der Waals surface area contributed by atoms with Gasteiger partial charge in [0.2, 0.25) is 15.9 Å². The van der Waals surface area contributed by atoms with E-state index in [2.05, 4.69) is 10.0 Å². The average Bonchev–Trinajstić information content (AvgIpc) is 3.24. The molecule has 2 aromatic rings. The van der Waals surface area contributed by atoms with Crippen molar-refractivity contribution in [1.82, 2.24) is 4.72 Å². The molecule has 156 valence electrons. The summed E-state index contributed by atoms with van der Waals surface area (Å²) in [6.45, 7) is 1.43. The Bertz CT molecular complexity index is 1080. The molecule has 1 aliphatic carbocycles. The Kier molecular flexibility index (Phi) is 6.40. The minimum atomic E-state index is -3.85. The zero-order valence-corrected chi connectivity index (χ0v) is 17.7. The second-order valence-corrected chi connectivity index (χ2v) is 11.1. The van der Waals surface area contributed by atoms with Crippen molar-refractivity contribution in [2.24, 2.45) is 0 Å². The second-order valence-electron chi connectivity index (χ2n) is 7.12. The maximum Gasteiger partial charge on any atom is 0.242 e. The average molecular weight is 437 g/mol. The fraction of sp³-hybridized carbons (Fsp3) is 0.350. The third-order valence-electron chi connectivity index (χ3n) is 4.95. The third kappa shape index (κ3) is 5.04. The molecule has 1 amide bonds. The van der Waals surface area contributed by atoms with Gasteiger partial charge in [0.15, 0.2) is 9.84 Å². The minimum absolute atomic E-state index is 0.0595. The monoisotopic (exact) mass is 436 g/mol. The molecule has 0 radical (unpaired) electrons. The van der Waals surface area contributed by atoms with Crippen molar-refractivity contribution in [1.29, 1.82) is 0 Å². The van der Waals surface area contributed by atoms with Gasteiger partial charge in [-0.3, -0.25) is 4.79 Å². The van der Waals surface area contributed by atoms with Crippen LogP contribution in [0.5, 0.6) is 0 Å². The van der Waals surface area contributed by atoms with Crippen molar-refractivity contribution in [3.63, 3.8) is 0 Å². The smallest absolute Gasteiger partial charge is 0.242 e. The lowest BCUT2D eigenvalue weighted by molar-refractivity contribution is -0.117. The van der Waals surface area contributed by atoms with Gasteiger partial charge in [-0.1, -0.05) is 37.1 Å². The molecule has 0 unspecified atom stereocenters. The predicted molar refractivity (Wildman–Crippen MR) is 111 cm³/mol. The van der Waals surface area contributed by atoms with Crippen LogP contribution in [0.4, 0.5) is 5.69 Å². The summed E-state index contributed by atoms with van der Waals surface area (Å²) in [6, 6.07) is 12.8. The Morgan fingerprint density at radius 3 is 2.21 bits per heavy atom. The molecule has 0 spiro atoms. The largest absolute Gasteiger partial charge is 0.325 e. The van der Waals surface area contributed by atoms with E-state index >= 15 is 0 Å². The molecule has 9 heteroatoms. The van der Waals surface area contributed by atoms with Gasteiger partial charge in [0.25, 0.3) is 0 Å². The molecule has 3 rings (SSSR count). The van der Waals surface area contributed by atoms with Crippen molar-refractivity contribution < 1.29 is 21.6 Å². The standard InChI is InChI=1S/C20H24N2O5S2/c1-15(22-29(26,27)18-11-3-2-4-12-18)20(23)21-16-8-7-13-19(14-16)28(24,25)17-9-5-6-10-17/h2-4,7-8,11-15,17,22H,5-6,9-10H2,1H3,(H,21,23)/t15-/m0/s1. The zero-order chi connectivity index (χ0) is 21.1. The molecule has 0 heterocycles. The summed E-state index contributed by atoms with van der Waals surface area (Å²) in [5.41, 5.74) is 0.305. The Labute approximate surface area is 171 Å². The first-order chi connectivity index (χ1) is 13.7. The van der Waals surface area contributed by atoms with E-state index < -0.39 is 31.8 Å². The van der Waals surface area contributed by atoms with Crippen LogP contribution < -0.4 is 10.0 Å². The summed E-state index contributed by atoms with van der Waals surface area (Å²) in [5.74, 6) is -0.583. The molecular weight excluding hydrogens is 412 g/mol. The maximum atomic E-state index is 12.7. The van der Waals surface area contributed by atoms with E-state index in [0.717, 1.165) is 12.8 Å². The maximum absolute atomic E-state index is 12.7. The SMILES string of the molecule is C[C@H](NS(=O)(=O)c1ccccc1)C(=O)Nc1cccc(S(=O)(=O)C2CCCC2)c1. The molecule has 7 nitrogen and oxygen atoms in total. The van der Waals surface area contributed by atoms with Crippen molar-refractivity contribution in [3.8, 4) is 0 Å². The molecule has 2 N–H and O–H groups in total. The van der Waals surface area contributed by atoms with Crippen molar-refractivity contribution >= 4 is 31.5 Å². The van der Waals surface area contributed by atoms with E-state index in [0.29, 0.717) is 18.5 Å². The first kappa shape index (κ1) is 21.5. The van der Waals surface area contributed by atoms with Crippen LogP contribution in [0.2, 0.25) is 0 Å². The number of amides is 1. The molecule has 1 saturated carbocycles. The number of anilines is 1. The van der Waals surface area contributed by atoms with Crippen molar-refractivity contribution in [2.45, 2.75) is 53.7 Å². The second kappa shape index (κ2) is 8.64. The van der Waals surface area contributed by atoms with Crippen molar-refractivity contribution in [3.05, 3.63) is 54.6 Å². The number of hydrogen-bond acceptors (Lipinski definition) is 5.